The minimum Gasteiger partial charge on any atom is -0.298 e. The summed E-state index contributed by atoms with van der Waals surface area (Å²) in [7, 11) is 0. The average molecular weight is 434 g/mol. The number of anilines is 2. The van der Waals surface area contributed by atoms with Gasteiger partial charge < -0.3 is 0 Å². The smallest absolute Gasteiger partial charge is 0.266 e. The predicted molar refractivity (Wildman–Crippen MR) is 122 cm³/mol. The van der Waals surface area contributed by atoms with Crippen LogP contribution in [0.5, 0.6) is 0 Å². The molecule has 0 radical (unpaired) electrons. The van der Waals surface area contributed by atoms with E-state index in [0.717, 1.165) is 11.1 Å². The predicted octanol–water partition coefficient (Wildman–Crippen LogP) is 5.44. The third-order valence-corrected chi connectivity index (χ3v) is 6.07. The zero-order valence-corrected chi connectivity index (χ0v) is 18.6. The van der Waals surface area contributed by atoms with E-state index in [1.807, 2.05) is 45.9 Å². The van der Waals surface area contributed by atoms with E-state index < -0.39 is 17.7 Å². The number of para-hydroxylation sites is 1. The number of fused-ring (bicyclic) bond motifs is 1. The largest absolute Gasteiger partial charge is 0.298 e. The van der Waals surface area contributed by atoms with Crippen LogP contribution in [0.25, 0.3) is 0 Å². The zero-order valence-electron chi connectivity index (χ0n) is 17.8. The number of nitrogens with zero attached hydrogens (tertiary/aromatic N) is 2. The molecule has 0 unspecified atom stereocenters. The molecular formula is C24H23N3O3S. The van der Waals surface area contributed by atoms with E-state index in [0.29, 0.717) is 10.8 Å². The molecular weight excluding hydrogens is 410 g/mol. The van der Waals surface area contributed by atoms with Crippen LogP contribution >= 0.6 is 11.3 Å². The van der Waals surface area contributed by atoms with Crippen molar-refractivity contribution < 1.29 is 14.4 Å². The highest BCUT2D eigenvalue weighted by atomic mass is 32.1. The molecule has 1 aliphatic rings. The van der Waals surface area contributed by atoms with Gasteiger partial charge in [-0.2, -0.15) is 0 Å². The molecule has 1 N–H and O–H groups in total. The van der Waals surface area contributed by atoms with Crippen molar-refractivity contribution >= 4 is 39.9 Å². The molecule has 2 heterocycles. The van der Waals surface area contributed by atoms with E-state index in [9.17, 15) is 14.4 Å². The Bertz CT molecular complexity index is 1160. The third-order valence-electron chi connectivity index (χ3n) is 5.38. The lowest BCUT2D eigenvalue weighted by Crippen LogP contribution is -2.32. The van der Waals surface area contributed by atoms with E-state index in [-0.39, 0.29) is 28.5 Å². The average Bonchev–Trinajstić information content (AvgIpc) is 3.33. The summed E-state index contributed by atoms with van der Waals surface area (Å²) in [6.45, 7) is 8.14. The molecule has 2 aromatic carbocycles. The van der Waals surface area contributed by atoms with Gasteiger partial charge in [0.1, 0.15) is 0 Å². The maximum atomic E-state index is 13.6. The Morgan fingerprint density at radius 3 is 2.19 bits per heavy atom. The Morgan fingerprint density at radius 1 is 0.968 bits per heavy atom. The fourth-order valence-electron chi connectivity index (χ4n) is 3.90. The van der Waals surface area contributed by atoms with Gasteiger partial charge in [-0.3, -0.25) is 19.7 Å². The van der Waals surface area contributed by atoms with Gasteiger partial charge in [0, 0.05) is 11.6 Å². The van der Waals surface area contributed by atoms with Gasteiger partial charge in [-0.1, -0.05) is 52.0 Å². The number of carbonyl (C=O) groups excluding carboxylic acids is 3. The fourth-order valence-corrected chi connectivity index (χ4v) is 4.42. The first-order valence-electron chi connectivity index (χ1n) is 10.2. The number of thiazole rings is 1. The Hall–Kier alpha value is -3.32. The molecule has 1 aromatic heterocycles. The molecule has 31 heavy (non-hydrogen) atoms. The topological polar surface area (TPSA) is 79.4 Å². The van der Waals surface area contributed by atoms with E-state index >= 15 is 0 Å². The van der Waals surface area contributed by atoms with Gasteiger partial charge in [-0.15, -0.1) is 11.3 Å². The van der Waals surface area contributed by atoms with E-state index in [4.69, 9.17) is 0 Å². The van der Waals surface area contributed by atoms with Crippen molar-refractivity contribution in [1.29, 1.82) is 0 Å². The van der Waals surface area contributed by atoms with E-state index in [2.05, 4.69) is 10.3 Å². The van der Waals surface area contributed by atoms with Gasteiger partial charge in [0.15, 0.2) is 5.13 Å². The summed E-state index contributed by atoms with van der Waals surface area (Å²) < 4.78 is 0. The van der Waals surface area contributed by atoms with Crippen LogP contribution in [0.2, 0.25) is 0 Å². The number of hydrogen-bond donors (Lipinski definition) is 1. The van der Waals surface area contributed by atoms with Gasteiger partial charge in [-0.25, -0.2) is 9.88 Å². The van der Waals surface area contributed by atoms with Crippen LogP contribution in [0.3, 0.4) is 0 Å². The summed E-state index contributed by atoms with van der Waals surface area (Å²) in [5, 5.41) is 4.89. The van der Waals surface area contributed by atoms with Crippen molar-refractivity contribution in [2.75, 3.05) is 10.2 Å². The Kier molecular flexibility index (Phi) is 5.45. The summed E-state index contributed by atoms with van der Waals surface area (Å²) in [5.74, 6) is -1.11. The molecule has 7 heteroatoms. The van der Waals surface area contributed by atoms with E-state index in [1.54, 1.807) is 29.8 Å². The molecule has 158 valence electrons. The van der Waals surface area contributed by atoms with Gasteiger partial charge in [0.25, 0.3) is 17.7 Å². The molecule has 0 saturated heterocycles. The first-order valence-corrected chi connectivity index (χ1v) is 11.0. The monoisotopic (exact) mass is 433 g/mol. The number of aromatic nitrogens is 1. The second-order valence-electron chi connectivity index (χ2n) is 8.06. The van der Waals surface area contributed by atoms with Crippen LogP contribution in [0.15, 0.2) is 48.0 Å². The van der Waals surface area contributed by atoms with Crippen LogP contribution in [-0.4, -0.2) is 22.7 Å². The maximum absolute atomic E-state index is 13.6. The summed E-state index contributed by atoms with van der Waals surface area (Å²) in [4.78, 5) is 45.2. The SMILES string of the molecule is CC(C)c1cccc(C(C)C)c1N1C(=O)c2cccc(C(=O)Nc3nccs3)c2C1=O. The highest BCUT2D eigenvalue weighted by Crippen LogP contribution is 2.40. The van der Waals surface area contributed by atoms with Crippen molar-refractivity contribution in [3.05, 3.63) is 75.8 Å². The highest BCUT2D eigenvalue weighted by molar-refractivity contribution is 7.13. The van der Waals surface area contributed by atoms with Crippen molar-refractivity contribution in [3.63, 3.8) is 0 Å². The standard InChI is InChI=1S/C24H23N3O3S/c1-13(2)15-7-5-8-16(14(3)4)20(15)27-22(29)18-10-6-9-17(19(18)23(27)30)21(28)26-24-25-11-12-31-24/h5-14H,1-4H3,(H,25,26,28). The molecule has 3 aromatic rings. The minimum absolute atomic E-state index is 0.116. The van der Waals surface area contributed by atoms with Crippen molar-refractivity contribution in [2.24, 2.45) is 0 Å². The number of amides is 3. The molecule has 0 atom stereocenters. The fraction of sp³-hybridized carbons (Fsp3) is 0.250. The van der Waals surface area contributed by atoms with Gasteiger partial charge >= 0.3 is 0 Å². The summed E-state index contributed by atoms with van der Waals surface area (Å²) in [5.41, 5.74) is 3.02. The molecule has 4 rings (SSSR count). The number of hydrogen-bond acceptors (Lipinski definition) is 5. The highest BCUT2D eigenvalue weighted by Gasteiger charge is 2.41. The minimum atomic E-state index is -0.472. The second-order valence-corrected chi connectivity index (χ2v) is 8.95. The number of imide groups is 1. The first kappa shape index (κ1) is 20.9. The van der Waals surface area contributed by atoms with Crippen LogP contribution < -0.4 is 10.2 Å². The first-order chi connectivity index (χ1) is 14.8. The van der Waals surface area contributed by atoms with Gasteiger partial charge in [0.05, 0.1) is 22.4 Å². The molecule has 0 fully saturated rings. The number of nitrogens with one attached hydrogen (secondary N) is 1. The van der Waals surface area contributed by atoms with Crippen molar-refractivity contribution in [3.8, 4) is 0 Å². The van der Waals surface area contributed by atoms with Crippen LogP contribution in [-0.2, 0) is 0 Å². The maximum Gasteiger partial charge on any atom is 0.266 e. The summed E-state index contributed by atoms with van der Waals surface area (Å²) in [6, 6.07) is 10.6. The number of rotatable bonds is 5. The molecule has 0 aliphatic carbocycles. The number of carbonyl (C=O) groups is 3. The van der Waals surface area contributed by atoms with Crippen LogP contribution in [0, 0.1) is 0 Å². The van der Waals surface area contributed by atoms with Gasteiger partial charge in [-0.05, 0) is 35.1 Å². The Labute approximate surface area is 184 Å². The molecule has 3 amide bonds. The normalized spacial score (nSPS) is 13.3. The Balaban J connectivity index is 1.83. The molecule has 6 nitrogen and oxygen atoms in total. The summed E-state index contributed by atoms with van der Waals surface area (Å²) in [6.07, 6.45) is 1.59. The van der Waals surface area contributed by atoms with Crippen LogP contribution in [0.1, 0.15) is 81.7 Å². The van der Waals surface area contributed by atoms with Gasteiger partial charge in [0.2, 0.25) is 0 Å². The zero-order chi connectivity index (χ0) is 22.3. The lowest BCUT2D eigenvalue weighted by molar-refractivity contribution is 0.0919. The van der Waals surface area contributed by atoms with Crippen molar-refractivity contribution in [1.82, 2.24) is 4.98 Å². The molecule has 0 spiro atoms. The quantitative estimate of drug-likeness (QED) is 0.543. The molecule has 1 aliphatic heterocycles. The van der Waals surface area contributed by atoms with Crippen LogP contribution in [0.4, 0.5) is 10.8 Å². The lowest BCUT2D eigenvalue weighted by atomic mass is 9.92. The van der Waals surface area contributed by atoms with Crippen molar-refractivity contribution in [2.45, 2.75) is 39.5 Å². The van der Waals surface area contributed by atoms with E-state index in [1.165, 1.54) is 16.2 Å². The second kappa shape index (κ2) is 8.07. The molecule has 0 bridgehead atoms. The lowest BCUT2D eigenvalue weighted by Gasteiger charge is -2.25. The third kappa shape index (κ3) is 3.55. The summed E-state index contributed by atoms with van der Waals surface area (Å²) >= 11 is 1.28. The Morgan fingerprint density at radius 2 is 1.61 bits per heavy atom. The molecule has 0 saturated carbocycles. The number of benzene rings is 2.